The van der Waals surface area contributed by atoms with Gasteiger partial charge in [0.1, 0.15) is 0 Å². The smallest absolute Gasteiger partial charge is 0.289 e. The second kappa shape index (κ2) is 5.33. The van der Waals surface area contributed by atoms with E-state index in [1.165, 1.54) is 18.0 Å². The lowest BCUT2D eigenvalue weighted by molar-refractivity contribution is 0.0973. The van der Waals surface area contributed by atoms with Crippen molar-refractivity contribution in [2.45, 2.75) is 0 Å². The average molecular weight is 295 g/mol. The van der Waals surface area contributed by atoms with Gasteiger partial charge in [-0.25, -0.2) is 17.8 Å². The molecule has 7 nitrogen and oxygen atoms in total. The number of sulfonamides is 1. The van der Waals surface area contributed by atoms with E-state index in [1.54, 1.807) is 12.1 Å². The second-order valence-corrected chi connectivity index (χ2v) is 5.78. The van der Waals surface area contributed by atoms with Crippen molar-refractivity contribution in [3.63, 3.8) is 0 Å². The summed E-state index contributed by atoms with van der Waals surface area (Å²) in [5.74, 6) is -0.644. The minimum atomic E-state index is -3.66. The first-order valence-electron chi connectivity index (χ1n) is 5.62. The number of rotatable bonds is 4. The highest BCUT2D eigenvalue weighted by molar-refractivity contribution is 7.89. The van der Waals surface area contributed by atoms with Crippen LogP contribution in [0.1, 0.15) is 10.5 Å². The Balaban J connectivity index is 2.40. The Kier molecular flexibility index (Phi) is 3.75. The summed E-state index contributed by atoms with van der Waals surface area (Å²) in [5.41, 5.74) is 0.631. The number of ether oxygens (including phenoxy) is 1. The van der Waals surface area contributed by atoms with Crippen LogP contribution in [-0.4, -0.2) is 37.5 Å². The number of carbonyl (C=O) groups is 1. The molecule has 0 radical (unpaired) electrons. The third-order valence-electron chi connectivity index (χ3n) is 2.41. The lowest BCUT2D eigenvalue weighted by Crippen LogP contribution is -2.30. The summed E-state index contributed by atoms with van der Waals surface area (Å²) < 4.78 is 30.5. The van der Waals surface area contributed by atoms with Crippen LogP contribution in [0.25, 0.3) is 5.69 Å². The molecule has 1 aromatic carbocycles. The molecule has 0 spiro atoms. The fourth-order valence-corrected chi connectivity index (χ4v) is 2.03. The molecule has 0 aliphatic rings. The highest BCUT2D eigenvalue weighted by Gasteiger charge is 2.20. The van der Waals surface area contributed by atoms with E-state index >= 15 is 0 Å². The number of carbonyl (C=O) groups excluding carboxylic acids is 1. The highest BCUT2D eigenvalue weighted by Crippen LogP contribution is 2.19. The average Bonchev–Trinajstić information content (AvgIpc) is 2.82. The maximum atomic E-state index is 11.8. The van der Waals surface area contributed by atoms with Gasteiger partial charge in [0.15, 0.2) is 11.4 Å². The number of hydrogen-bond acceptors (Lipinski definition) is 5. The Bertz CT molecular complexity index is 722. The molecule has 0 bridgehead atoms. The zero-order chi connectivity index (χ0) is 14.8. The minimum absolute atomic E-state index is 0.0956. The van der Waals surface area contributed by atoms with E-state index in [0.717, 1.165) is 11.9 Å². The second-order valence-electron chi connectivity index (χ2n) is 4.03. The molecule has 2 rings (SSSR count). The van der Waals surface area contributed by atoms with E-state index in [2.05, 4.69) is 5.10 Å². The van der Waals surface area contributed by atoms with Crippen molar-refractivity contribution >= 4 is 15.9 Å². The van der Waals surface area contributed by atoms with Gasteiger partial charge in [-0.1, -0.05) is 18.2 Å². The first kappa shape index (κ1) is 14.1. The lowest BCUT2D eigenvalue weighted by Gasteiger charge is -2.01. The van der Waals surface area contributed by atoms with Crippen LogP contribution in [0.2, 0.25) is 0 Å². The molecule has 1 N–H and O–H groups in total. The van der Waals surface area contributed by atoms with Crippen molar-refractivity contribution < 1.29 is 17.9 Å². The van der Waals surface area contributed by atoms with Gasteiger partial charge < -0.3 is 4.74 Å². The Morgan fingerprint density at radius 3 is 2.50 bits per heavy atom. The number of aromatic nitrogens is 2. The van der Waals surface area contributed by atoms with Gasteiger partial charge in [-0.05, 0) is 12.1 Å². The molecule has 20 heavy (non-hydrogen) atoms. The fourth-order valence-electron chi connectivity index (χ4n) is 1.59. The van der Waals surface area contributed by atoms with Gasteiger partial charge in [0.05, 0.1) is 25.2 Å². The molecule has 0 aliphatic carbocycles. The van der Waals surface area contributed by atoms with Crippen LogP contribution >= 0.6 is 0 Å². The molecule has 1 heterocycles. The molecule has 0 atom stereocenters. The summed E-state index contributed by atoms with van der Waals surface area (Å²) in [7, 11) is -2.28. The van der Waals surface area contributed by atoms with Crippen molar-refractivity contribution in [1.29, 1.82) is 0 Å². The maximum absolute atomic E-state index is 11.8. The third kappa shape index (κ3) is 3.15. The zero-order valence-corrected chi connectivity index (χ0v) is 11.7. The van der Waals surface area contributed by atoms with Crippen molar-refractivity contribution in [2.24, 2.45) is 0 Å². The number of benzene rings is 1. The van der Waals surface area contributed by atoms with Crippen molar-refractivity contribution in [3.05, 3.63) is 42.2 Å². The van der Waals surface area contributed by atoms with Gasteiger partial charge in [0, 0.05) is 0 Å². The third-order valence-corrected chi connectivity index (χ3v) is 2.97. The molecular formula is C12H13N3O4S. The highest BCUT2D eigenvalue weighted by atomic mass is 32.2. The summed E-state index contributed by atoms with van der Waals surface area (Å²) in [4.78, 5) is 11.8. The van der Waals surface area contributed by atoms with Gasteiger partial charge >= 0.3 is 0 Å². The molecule has 0 unspecified atom stereocenters. The molecule has 0 saturated heterocycles. The van der Waals surface area contributed by atoms with Gasteiger partial charge in [-0.15, -0.1) is 0 Å². The Hall–Kier alpha value is -2.35. The molecule has 1 aromatic heterocycles. The number of nitrogens with zero attached hydrogens (tertiary/aromatic N) is 2. The molecule has 0 fully saturated rings. The Morgan fingerprint density at radius 1 is 1.30 bits per heavy atom. The van der Waals surface area contributed by atoms with Crippen LogP contribution in [-0.2, 0) is 10.0 Å². The normalized spacial score (nSPS) is 11.1. The quantitative estimate of drug-likeness (QED) is 0.890. The van der Waals surface area contributed by atoms with Crippen molar-refractivity contribution in [3.8, 4) is 11.4 Å². The van der Waals surface area contributed by atoms with Gasteiger partial charge in [-0.3, -0.25) is 4.79 Å². The van der Waals surface area contributed by atoms with Gasteiger partial charge in [-0.2, -0.15) is 5.10 Å². The predicted molar refractivity (Wildman–Crippen MR) is 72.4 cm³/mol. The van der Waals surface area contributed by atoms with Crippen molar-refractivity contribution in [1.82, 2.24) is 14.5 Å². The SMILES string of the molecule is COc1cn(-c2ccccc2)nc1C(=O)NS(C)(=O)=O. The Morgan fingerprint density at radius 2 is 1.95 bits per heavy atom. The standard InChI is InChI=1S/C12H13N3O4S/c1-19-10-8-15(9-6-4-3-5-7-9)13-11(10)12(16)14-20(2,17)18/h3-8H,1-2H3,(H,14,16). The Labute approximate surface area is 116 Å². The minimum Gasteiger partial charge on any atom is -0.493 e. The molecule has 2 aromatic rings. The monoisotopic (exact) mass is 295 g/mol. The van der Waals surface area contributed by atoms with Gasteiger partial charge in [0.2, 0.25) is 10.0 Å². The number of methoxy groups -OCH3 is 1. The topological polar surface area (TPSA) is 90.3 Å². The molecule has 0 aliphatic heterocycles. The van der Waals surface area contributed by atoms with E-state index in [-0.39, 0.29) is 11.4 Å². The number of hydrogen-bond donors (Lipinski definition) is 1. The number of nitrogens with one attached hydrogen (secondary N) is 1. The summed E-state index contributed by atoms with van der Waals surface area (Å²) in [6.07, 6.45) is 2.40. The number of amides is 1. The molecule has 106 valence electrons. The molecular weight excluding hydrogens is 282 g/mol. The molecule has 1 amide bonds. The first-order chi connectivity index (χ1) is 9.40. The maximum Gasteiger partial charge on any atom is 0.289 e. The van der Waals surface area contributed by atoms with E-state index in [0.29, 0.717) is 0 Å². The van der Waals surface area contributed by atoms with Crippen LogP contribution in [0.4, 0.5) is 0 Å². The predicted octanol–water partition coefficient (Wildman–Crippen LogP) is 0.570. The fraction of sp³-hybridized carbons (Fsp3) is 0.167. The van der Waals surface area contributed by atoms with Crippen LogP contribution in [0.3, 0.4) is 0 Å². The lowest BCUT2D eigenvalue weighted by atomic mass is 10.3. The van der Waals surface area contributed by atoms with E-state index in [1.807, 2.05) is 22.9 Å². The van der Waals surface area contributed by atoms with Crippen molar-refractivity contribution in [2.75, 3.05) is 13.4 Å². The number of para-hydroxylation sites is 1. The van der Waals surface area contributed by atoms with E-state index in [4.69, 9.17) is 4.74 Å². The first-order valence-corrected chi connectivity index (χ1v) is 7.51. The largest absolute Gasteiger partial charge is 0.493 e. The molecule has 8 heteroatoms. The summed E-state index contributed by atoms with van der Waals surface area (Å²) >= 11 is 0. The molecule has 0 saturated carbocycles. The van der Waals surface area contributed by atoms with E-state index in [9.17, 15) is 13.2 Å². The summed E-state index contributed by atoms with van der Waals surface area (Å²) in [6.45, 7) is 0. The van der Waals surface area contributed by atoms with Crippen LogP contribution in [0.5, 0.6) is 5.75 Å². The van der Waals surface area contributed by atoms with Crippen LogP contribution in [0.15, 0.2) is 36.5 Å². The van der Waals surface area contributed by atoms with Crippen LogP contribution in [0, 0.1) is 0 Å². The van der Waals surface area contributed by atoms with Gasteiger partial charge in [0.25, 0.3) is 5.91 Å². The van der Waals surface area contributed by atoms with E-state index < -0.39 is 15.9 Å². The summed E-state index contributed by atoms with van der Waals surface area (Å²) in [5, 5.41) is 4.05. The van der Waals surface area contributed by atoms with Crippen LogP contribution < -0.4 is 9.46 Å². The summed E-state index contributed by atoms with van der Waals surface area (Å²) in [6, 6.07) is 9.08. The zero-order valence-electron chi connectivity index (χ0n) is 10.9.